The first-order valence-corrected chi connectivity index (χ1v) is 7.50. The summed E-state index contributed by atoms with van der Waals surface area (Å²) in [4.78, 5) is 16.3. The van der Waals surface area contributed by atoms with Gasteiger partial charge >= 0.3 is 0 Å². The highest BCUT2D eigenvalue weighted by molar-refractivity contribution is 5.89. The topological polar surface area (TPSA) is 68.0 Å². The molecule has 1 amide bonds. The van der Waals surface area contributed by atoms with Crippen LogP contribution in [0.15, 0.2) is 12.1 Å². The van der Waals surface area contributed by atoms with Crippen LogP contribution in [-0.4, -0.2) is 17.4 Å². The standard InChI is InChI=1S/C16H27N3O/c1-4-5-14(8-9-17)6-7-16(20)19-15-11-12(2)10-13(3)18-15/h10-11,14H,4-9,17H2,1-3H3,(H,18,19,20). The van der Waals surface area contributed by atoms with Crippen molar-refractivity contribution in [3.05, 3.63) is 23.4 Å². The fourth-order valence-corrected chi connectivity index (χ4v) is 2.52. The molecule has 1 unspecified atom stereocenters. The van der Waals surface area contributed by atoms with Crippen molar-refractivity contribution >= 4 is 11.7 Å². The molecule has 4 heteroatoms. The fourth-order valence-electron chi connectivity index (χ4n) is 2.52. The molecule has 0 aliphatic heterocycles. The first-order chi connectivity index (χ1) is 9.55. The number of hydrogen-bond donors (Lipinski definition) is 2. The molecule has 0 spiro atoms. The number of carbonyl (C=O) groups is 1. The van der Waals surface area contributed by atoms with Crippen molar-refractivity contribution in [2.75, 3.05) is 11.9 Å². The van der Waals surface area contributed by atoms with Crippen molar-refractivity contribution in [3.63, 3.8) is 0 Å². The quantitative estimate of drug-likeness (QED) is 0.767. The van der Waals surface area contributed by atoms with Crippen molar-refractivity contribution in [3.8, 4) is 0 Å². The zero-order valence-corrected chi connectivity index (χ0v) is 12.9. The highest BCUT2D eigenvalue weighted by Gasteiger charge is 2.11. The Bertz CT molecular complexity index is 405. The van der Waals surface area contributed by atoms with E-state index in [9.17, 15) is 4.79 Å². The van der Waals surface area contributed by atoms with Crippen molar-refractivity contribution < 1.29 is 4.79 Å². The highest BCUT2D eigenvalue weighted by Crippen LogP contribution is 2.17. The number of amides is 1. The lowest BCUT2D eigenvalue weighted by molar-refractivity contribution is -0.116. The Balaban J connectivity index is 2.46. The third-order valence-corrected chi connectivity index (χ3v) is 3.42. The Morgan fingerprint density at radius 1 is 1.30 bits per heavy atom. The predicted octanol–water partition coefficient (Wildman–Crippen LogP) is 3.18. The van der Waals surface area contributed by atoms with Crippen LogP contribution in [-0.2, 0) is 4.79 Å². The van der Waals surface area contributed by atoms with Gasteiger partial charge in [0.15, 0.2) is 0 Å². The van der Waals surface area contributed by atoms with Gasteiger partial charge < -0.3 is 11.1 Å². The largest absolute Gasteiger partial charge is 0.330 e. The Morgan fingerprint density at radius 2 is 2.05 bits per heavy atom. The number of nitrogens with two attached hydrogens (primary N) is 1. The molecule has 3 N–H and O–H groups in total. The maximum atomic E-state index is 12.0. The monoisotopic (exact) mass is 277 g/mol. The van der Waals surface area contributed by atoms with Crippen LogP contribution in [0.25, 0.3) is 0 Å². The van der Waals surface area contributed by atoms with Gasteiger partial charge in [-0.1, -0.05) is 19.8 Å². The number of pyridine rings is 1. The molecule has 0 radical (unpaired) electrons. The minimum Gasteiger partial charge on any atom is -0.330 e. The third kappa shape index (κ3) is 6.15. The van der Waals surface area contributed by atoms with Crippen molar-refractivity contribution in [2.24, 2.45) is 11.7 Å². The normalized spacial score (nSPS) is 12.2. The number of anilines is 1. The van der Waals surface area contributed by atoms with Gasteiger partial charge in [0, 0.05) is 12.1 Å². The summed E-state index contributed by atoms with van der Waals surface area (Å²) in [7, 11) is 0. The minimum atomic E-state index is 0.0422. The van der Waals surface area contributed by atoms with E-state index in [-0.39, 0.29) is 5.91 Å². The van der Waals surface area contributed by atoms with E-state index in [0.29, 0.717) is 24.7 Å². The predicted molar refractivity (Wildman–Crippen MR) is 83.6 cm³/mol. The van der Waals surface area contributed by atoms with Crippen molar-refractivity contribution in [1.29, 1.82) is 0 Å². The van der Waals surface area contributed by atoms with Gasteiger partial charge in [-0.05, 0) is 56.8 Å². The number of carbonyl (C=O) groups excluding carboxylic acids is 1. The molecule has 0 saturated carbocycles. The molecule has 0 aliphatic rings. The van der Waals surface area contributed by atoms with Gasteiger partial charge in [-0.15, -0.1) is 0 Å². The molecule has 1 aromatic heterocycles. The number of aromatic nitrogens is 1. The molecule has 0 saturated heterocycles. The highest BCUT2D eigenvalue weighted by atomic mass is 16.1. The summed E-state index contributed by atoms with van der Waals surface area (Å²) >= 11 is 0. The van der Waals surface area contributed by atoms with E-state index in [1.54, 1.807) is 0 Å². The van der Waals surface area contributed by atoms with E-state index >= 15 is 0 Å². The molecule has 0 aromatic carbocycles. The minimum absolute atomic E-state index is 0.0422. The van der Waals surface area contributed by atoms with Crippen LogP contribution in [0.3, 0.4) is 0 Å². The number of hydrogen-bond acceptors (Lipinski definition) is 3. The second kappa shape index (κ2) is 8.69. The SMILES string of the molecule is CCCC(CCN)CCC(=O)Nc1cc(C)cc(C)n1. The lowest BCUT2D eigenvalue weighted by Crippen LogP contribution is -2.16. The first kappa shape index (κ1) is 16.6. The smallest absolute Gasteiger partial charge is 0.225 e. The van der Waals surface area contributed by atoms with E-state index in [0.717, 1.165) is 36.9 Å². The summed E-state index contributed by atoms with van der Waals surface area (Å²) in [6, 6.07) is 3.89. The number of nitrogens with zero attached hydrogens (tertiary/aromatic N) is 1. The molecule has 1 heterocycles. The van der Waals surface area contributed by atoms with Crippen LogP contribution in [0.4, 0.5) is 5.82 Å². The van der Waals surface area contributed by atoms with Gasteiger partial charge in [0.2, 0.25) is 5.91 Å². The van der Waals surface area contributed by atoms with E-state index < -0.39 is 0 Å². The molecular weight excluding hydrogens is 250 g/mol. The third-order valence-electron chi connectivity index (χ3n) is 3.42. The second-order valence-corrected chi connectivity index (χ2v) is 5.49. The molecule has 0 bridgehead atoms. The fraction of sp³-hybridized carbons (Fsp3) is 0.625. The zero-order valence-electron chi connectivity index (χ0n) is 12.9. The lowest BCUT2D eigenvalue weighted by atomic mass is 9.94. The molecule has 4 nitrogen and oxygen atoms in total. The van der Waals surface area contributed by atoms with Crippen LogP contribution in [0.5, 0.6) is 0 Å². The van der Waals surface area contributed by atoms with Gasteiger partial charge in [0.1, 0.15) is 5.82 Å². The molecule has 1 aromatic rings. The molecule has 0 aliphatic carbocycles. The maximum absolute atomic E-state index is 12.0. The van der Waals surface area contributed by atoms with Gasteiger partial charge in [-0.25, -0.2) is 4.98 Å². The Hall–Kier alpha value is -1.42. The molecule has 1 rings (SSSR count). The average molecular weight is 277 g/mol. The van der Waals surface area contributed by atoms with Gasteiger partial charge in [0.25, 0.3) is 0 Å². The Kier molecular flexibility index (Phi) is 7.23. The molecule has 112 valence electrons. The summed E-state index contributed by atoms with van der Waals surface area (Å²) < 4.78 is 0. The maximum Gasteiger partial charge on any atom is 0.225 e. The first-order valence-electron chi connectivity index (χ1n) is 7.50. The average Bonchev–Trinajstić information content (AvgIpc) is 2.35. The molecule has 1 atom stereocenters. The van der Waals surface area contributed by atoms with Gasteiger partial charge in [-0.3, -0.25) is 4.79 Å². The Labute approximate surface area is 122 Å². The lowest BCUT2D eigenvalue weighted by Gasteiger charge is -2.14. The van der Waals surface area contributed by atoms with Gasteiger partial charge in [0.05, 0.1) is 0 Å². The van der Waals surface area contributed by atoms with Crippen LogP contribution < -0.4 is 11.1 Å². The van der Waals surface area contributed by atoms with E-state index in [1.807, 2.05) is 26.0 Å². The number of rotatable bonds is 8. The number of nitrogens with one attached hydrogen (secondary N) is 1. The van der Waals surface area contributed by atoms with E-state index in [4.69, 9.17) is 5.73 Å². The summed E-state index contributed by atoms with van der Waals surface area (Å²) in [5.41, 5.74) is 7.65. The van der Waals surface area contributed by atoms with Crippen molar-refractivity contribution in [2.45, 2.75) is 52.9 Å². The summed E-state index contributed by atoms with van der Waals surface area (Å²) in [6.07, 6.45) is 4.74. The molecular formula is C16H27N3O. The Morgan fingerprint density at radius 3 is 2.65 bits per heavy atom. The summed E-state index contributed by atoms with van der Waals surface area (Å²) in [6.45, 7) is 6.80. The molecule has 20 heavy (non-hydrogen) atoms. The van der Waals surface area contributed by atoms with Crippen LogP contribution >= 0.6 is 0 Å². The van der Waals surface area contributed by atoms with Crippen LogP contribution in [0.1, 0.15) is 50.3 Å². The second-order valence-electron chi connectivity index (χ2n) is 5.49. The van der Waals surface area contributed by atoms with E-state index in [1.165, 1.54) is 0 Å². The number of aryl methyl sites for hydroxylation is 2. The zero-order chi connectivity index (χ0) is 15.0. The van der Waals surface area contributed by atoms with Crippen LogP contribution in [0, 0.1) is 19.8 Å². The summed E-state index contributed by atoms with van der Waals surface area (Å²) in [5, 5.41) is 2.88. The van der Waals surface area contributed by atoms with E-state index in [2.05, 4.69) is 17.2 Å². The summed E-state index contributed by atoms with van der Waals surface area (Å²) in [5.74, 6) is 1.25. The van der Waals surface area contributed by atoms with Crippen molar-refractivity contribution in [1.82, 2.24) is 4.98 Å². The molecule has 0 fully saturated rings. The van der Waals surface area contributed by atoms with Gasteiger partial charge in [-0.2, -0.15) is 0 Å². The van der Waals surface area contributed by atoms with Crippen LogP contribution in [0.2, 0.25) is 0 Å².